The Bertz CT molecular complexity index is 1450. The average molecular weight is 571 g/mol. The Hall–Kier alpha value is -2.95. The molecule has 3 heterocycles. The van der Waals surface area contributed by atoms with Crippen LogP contribution in [0.2, 0.25) is 0 Å². The fourth-order valence-electron chi connectivity index (χ4n) is 4.77. The fourth-order valence-corrected chi connectivity index (χ4v) is 8.38. The first-order valence-electron chi connectivity index (χ1n) is 13.0. The summed E-state index contributed by atoms with van der Waals surface area (Å²) >= 11 is 0. The highest BCUT2D eigenvalue weighted by Gasteiger charge is 2.48. The van der Waals surface area contributed by atoms with Crippen LogP contribution >= 0.6 is 8.53 Å². The van der Waals surface area contributed by atoms with Crippen molar-refractivity contribution in [2.75, 3.05) is 17.6 Å². The molecular weight excluding hydrogens is 539 g/mol. The molecule has 39 heavy (non-hydrogen) atoms. The van der Waals surface area contributed by atoms with Crippen LogP contribution in [0.15, 0.2) is 82.6 Å². The quantitative estimate of drug-likeness (QED) is 0.365. The predicted molar refractivity (Wildman–Crippen MR) is 148 cm³/mol. The summed E-state index contributed by atoms with van der Waals surface area (Å²) in [7, 11) is -4.97. The van der Waals surface area contributed by atoms with Crippen LogP contribution in [0.5, 0.6) is 0 Å². The summed E-state index contributed by atoms with van der Waals surface area (Å²) in [6.07, 6.45) is 3.19. The molecule has 0 spiro atoms. The van der Waals surface area contributed by atoms with Crippen molar-refractivity contribution >= 4 is 30.1 Å². The van der Waals surface area contributed by atoms with Gasteiger partial charge in [0.05, 0.1) is 29.4 Å². The van der Waals surface area contributed by atoms with E-state index >= 15 is 0 Å². The van der Waals surface area contributed by atoms with Gasteiger partial charge < -0.3 is 14.4 Å². The van der Waals surface area contributed by atoms with E-state index in [0.29, 0.717) is 12.0 Å². The van der Waals surface area contributed by atoms with Crippen molar-refractivity contribution in [3.05, 3.63) is 89.0 Å². The monoisotopic (exact) mass is 570 g/mol. The van der Waals surface area contributed by atoms with Crippen molar-refractivity contribution in [3.8, 4) is 0 Å². The summed E-state index contributed by atoms with van der Waals surface area (Å²) in [5.41, 5.74) is -0.0363. The van der Waals surface area contributed by atoms with Gasteiger partial charge in [0.1, 0.15) is 5.82 Å². The minimum atomic E-state index is -3.51. The van der Waals surface area contributed by atoms with Crippen LogP contribution in [0.25, 0.3) is 0 Å². The first kappa shape index (κ1) is 27.6. The first-order chi connectivity index (χ1) is 18.8. The third kappa shape index (κ3) is 6.45. The number of rotatable bonds is 10. The molecule has 2 aliphatic heterocycles. The van der Waals surface area contributed by atoms with Crippen LogP contribution in [0.4, 0.5) is 5.82 Å². The van der Waals surface area contributed by atoms with Gasteiger partial charge in [0.2, 0.25) is 0 Å². The van der Waals surface area contributed by atoms with Crippen molar-refractivity contribution < 1.29 is 22.3 Å². The van der Waals surface area contributed by atoms with Crippen LogP contribution in [0, 0.1) is 0 Å². The first-order valence-corrected chi connectivity index (χ1v) is 15.7. The third-order valence-electron chi connectivity index (χ3n) is 6.87. The molecule has 0 radical (unpaired) electrons. The standard InChI is InChI=1S/C27H31N4O6PS/c1-2-21(18-30-17-15-25(29-27(30)33)28-26(32)20-10-5-3-6-11-20)36-38-31-16-9-14-23(31)24(37-38)19-39(34,35)22-12-7-4-8-13-22/h3-8,10-13,15,17,21,23-24H,2,9,14,16,18-19H2,1H3,(H,28,29,32,33)/t21-,23+,24-,38+/m1/s1. The molecule has 206 valence electrons. The summed E-state index contributed by atoms with van der Waals surface area (Å²) < 4.78 is 42.2. The average Bonchev–Trinajstić information content (AvgIpc) is 3.55. The van der Waals surface area contributed by atoms with E-state index in [1.54, 1.807) is 66.9 Å². The maximum absolute atomic E-state index is 13.0. The second kappa shape index (κ2) is 12.1. The zero-order valence-corrected chi connectivity index (χ0v) is 23.3. The molecule has 0 unspecified atom stereocenters. The molecule has 0 bridgehead atoms. The molecule has 0 saturated carbocycles. The lowest BCUT2D eigenvalue weighted by Gasteiger charge is -2.25. The molecule has 4 atom stereocenters. The smallest absolute Gasteiger partial charge is 0.317 e. The van der Waals surface area contributed by atoms with Gasteiger partial charge in [0, 0.05) is 24.3 Å². The van der Waals surface area contributed by atoms with E-state index < -0.39 is 30.2 Å². The van der Waals surface area contributed by atoms with E-state index in [1.807, 2.05) is 13.0 Å². The number of anilines is 1. The van der Waals surface area contributed by atoms with Gasteiger partial charge in [-0.1, -0.05) is 43.3 Å². The molecule has 10 nitrogen and oxygen atoms in total. The van der Waals surface area contributed by atoms with Crippen molar-refractivity contribution in [3.63, 3.8) is 0 Å². The lowest BCUT2D eigenvalue weighted by atomic mass is 10.1. The van der Waals surface area contributed by atoms with Gasteiger partial charge in [0.25, 0.3) is 14.4 Å². The number of nitrogens with zero attached hydrogens (tertiary/aromatic N) is 3. The van der Waals surface area contributed by atoms with Crippen molar-refractivity contribution in [1.29, 1.82) is 0 Å². The number of amides is 1. The fraction of sp³-hybridized carbons (Fsp3) is 0.370. The molecular formula is C27H31N4O6PS. The number of aromatic nitrogens is 2. The van der Waals surface area contributed by atoms with Crippen molar-refractivity contribution in [1.82, 2.24) is 14.2 Å². The van der Waals surface area contributed by atoms with Gasteiger partial charge in [-0.2, -0.15) is 4.98 Å². The minimum absolute atomic E-state index is 0.0102. The summed E-state index contributed by atoms with van der Waals surface area (Å²) in [4.78, 5) is 29.4. The Morgan fingerprint density at radius 1 is 1.15 bits per heavy atom. The molecule has 12 heteroatoms. The molecule has 1 amide bonds. The lowest BCUT2D eigenvalue weighted by molar-refractivity contribution is 0.102. The van der Waals surface area contributed by atoms with Crippen LogP contribution in [0.3, 0.4) is 0 Å². The molecule has 1 N–H and O–H groups in total. The zero-order valence-electron chi connectivity index (χ0n) is 21.5. The van der Waals surface area contributed by atoms with E-state index in [2.05, 4.69) is 15.0 Å². The maximum atomic E-state index is 13.0. The highest BCUT2D eigenvalue weighted by Crippen LogP contribution is 2.56. The Labute approximate surface area is 228 Å². The van der Waals surface area contributed by atoms with Gasteiger partial charge >= 0.3 is 5.69 Å². The molecule has 1 aromatic heterocycles. The molecule has 5 rings (SSSR count). The number of fused-ring (bicyclic) bond motifs is 1. The normalized spacial score (nSPS) is 21.9. The summed E-state index contributed by atoms with van der Waals surface area (Å²) in [5, 5.41) is 2.65. The van der Waals surface area contributed by atoms with E-state index in [1.165, 1.54) is 4.57 Å². The minimum Gasteiger partial charge on any atom is -0.317 e. The second-order valence-corrected chi connectivity index (χ2v) is 13.0. The zero-order chi connectivity index (χ0) is 27.4. The van der Waals surface area contributed by atoms with Gasteiger partial charge in [-0.15, -0.1) is 0 Å². The topological polar surface area (TPSA) is 120 Å². The van der Waals surface area contributed by atoms with E-state index in [9.17, 15) is 18.0 Å². The number of nitrogens with one attached hydrogen (secondary N) is 1. The van der Waals surface area contributed by atoms with Crippen LogP contribution in [0.1, 0.15) is 36.5 Å². The number of hydrogen-bond donors (Lipinski definition) is 1. The predicted octanol–water partition coefficient (Wildman–Crippen LogP) is 3.85. The number of hydrogen-bond acceptors (Lipinski definition) is 8. The SMILES string of the molecule is CC[C@H](Cn1ccc(NC(=O)c2ccccc2)nc1=O)O[P@@]1O[C@H](CS(=O)(=O)c2ccccc2)[C@@H]2CCCN21. The van der Waals surface area contributed by atoms with Crippen molar-refractivity contribution in [2.24, 2.45) is 0 Å². The van der Waals surface area contributed by atoms with Gasteiger partial charge in [0.15, 0.2) is 9.84 Å². The van der Waals surface area contributed by atoms with E-state index in [-0.39, 0.29) is 41.1 Å². The number of carbonyl (C=O) groups excluding carboxylic acids is 1. The molecule has 2 aliphatic rings. The molecule has 2 aromatic carbocycles. The largest absolute Gasteiger partial charge is 0.349 e. The van der Waals surface area contributed by atoms with Crippen LogP contribution in [-0.4, -0.2) is 59.1 Å². The number of benzene rings is 2. The number of sulfone groups is 1. The van der Waals surface area contributed by atoms with Crippen LogP contribution in [-0.2, 0) is 25.4 Å². The Balaban J connectivity index is 1.23. The highest BCUT2D eigenvalue weighted by atomic mass is 32.2. The van der Waals surface area contributed by atoms with E-state index in [4.69, 9.17) is 9.05 Å². The molecule has 2 saturated heterocycles. The van der Waals surface area contributed by atoms with Gasteiger partial charge in [-0.3, -0.25) is 9.36 Å². The second-order valence-electron chi connectivity index (χ2n) is 9.55. The Morgan fingerprint density at radius 3 is 2.56 bits per heavy atom. The summed E-state index contributed by atoms with van der Waals surface area (Å²) in [5.74, 6) is -0.276. The molecule has 3 aromatic rings. The Morgan fingerprint density at radius 2 is 1.87 bits per heavy atom. The molecule has 0 aliphatic carbocycles. The Kier molecular flexibility index (Phi) is 8.54. The van der Waals surface area contributed by atoms with Gasteiger partial charge in [-0.25, -0.2) is 17.9 Å². The summed E-state index contributed by atoms with van der Waals surface area (Å²) in [6, 6.07) is 18.7. The summed E-state index contributed by atoms with van der Waals surface area (Å²) in [6.45, 7) is 3.00. The third-order valence-corrected chi connectivity index (χ3v) is 10.5. The van der Waals surface area contributed by atoms with Gasteiger partial charge in [-0.05, 0) is 49.6 Å². The van der Waals surface area contributed by atoms with Crippen molar-refractivity contribution in [2.45, 2.75) is 55.9 Å². The molecule has 2 fully saturated rings. The highest BCUT2D eigenvalue weighted by molar-refractivity contribution is 7.91. The maximum Gasteiger partial charge on any atom is 0.349 e. The van der Waals surface area contributed by atoms with Crippen LogP contribution < -0.4 is 11.0 Å². The lowest BCUT2D eigenvalue weighted by Crippen LogP contribution is -2.33. The number of carbonyl (C=O) groups is 1. The van der Waals surface area contributed by atoms with E-state index in [0.717, 1.165) is 19.4 Å².